The summed E-state index contributed by atoms with van der Waals surface area (Å²) in [4.78, 5) is 26.4. The number of hydrogen-bond donors (Lipinski definition) is 1. The van der Waals surface area contributed by atoms with Gasteiger partial charge in [0.25, 0.3) is 0 Å². The minimum atomic E-state index is -0.634. The Kier molecular flexibility index (Phi) is 2.94. The van der Waals surface area contributed by atoms with E-state index in [0.717, 1.165) is 44.2 Å². The molecular formula is C19H27NO3. The summed E-state index contributed by atoms with van der Waals surface area (Å²) in [5.74, 6) is 3.08. The van der Waals surface area contributed by atoms with Crippen LogP contribution in [0.5, 0.6) is 0 Å². The molecule has 1 aliphatic heterocycles. The molecule has 126 valence electrons. The summed E-state index contributed by atoms with van der Waals surface area (Å²) in [7, 11) is 0. The van der Waals surface area contributed by atoms with Gasteiger partial charge in [0, 0.05) is 19.0 Å². The molecular weight excluding hydrogens is 290 g/mol. The number of carbonyl (C=O) groups is 2. The lowest BCUT2D eigenvalue weighted by atomic mass is 9.51. The lowest BCUT2D eigenvalue weighted by Crippen LogP contribution is -2.53. The summed E-state index contributed by atoms with van der Waals surface area (Å²) in [6, 6.07) is 0. The minimum absolute atomic E-state index is 0.0344. The Morgan fingerprint density at radius 2 is 1.48 bits per heavy atom. The van der Waals surface area contributed by atoms with Crippen molar-refractivity contribution in [1.29, 1.82) is 0 Å². The van der Waals surface area contributed by atoms with E-state index in [1.54, 1.807) is 0 Å². The quantitative estimate of drug-likeness (QED) is 0.852. The first kappa shape index (κ1) is 14.3. The molecule has 23 heavy (non-hydrogen) atoms. The standard InChI is InChI=1S/C19H27NO3/c21-17(16-13-6-11-5-12(8-13)9-14(16)7-11)20-3-1-19(2-4-20)10-15(19)18(22)23/h11-16H,1-10H2,(H,22,23). The van der Waals surface area contributed by atoms with Crippen molar-refractivity contribution in [2.24, 2.45) is 40.9 Å². The van der Waals surface area contributed by atoms with Crippen molar-refractivity contribution in [3.05, 3.63) is 0 Å². The summed E-state index contributed by atoms with van der Waals surface area (Å²) in [5, 5.41) is 9.21. The number of hydrogen-bond acceptors (Lipinski definition) is 2. The van der Waals surface area contributed by atoms with E-state index in [2.05, 4.69) is 4.90 Å². The molecule has 1 N–H and O–H groups in total. The third-order valence-electron chi connectivity index (χ3n) is 8.07. The Hall–Kier alpha value is -1.06. The molecule has 1 amide bonds. The van der Waals surface area contributed by atoms with Gasteiger partial charge in [0.2, 0.25) is 5.91 Å². The lowest BCUT2D eigenvalue weighted by molar-refractivity contribution is -0.150. The van der Waals surface area contributed by atoms with Crippen LogP contribution in [-0.2, 0) is 9.59 Å². The number of aliphatic carboxylic acids is 1. The summed E-state index contributed by atoms with van der Waals surface area (Å²) < 4.78 is 0. The van der Waals surface area contributed by atoms with Crippen molar-refractivity contribution < 1.29 is 14.7 Å². The van der Waals surface area contributed by atoms with Gasteiger partial charge in [-0.3, -0.25) is 9.59 Å². The van der Waals surface area contributed by atoms with Crippen LogP contribution in [0.25, 0.3) is 0 Å². The van der Waals surface area contributed by atoms with Crippen LogP contribution in [0.15, 0.2) is 0 Å². The highest BCUT2D eigenvalue weighted by molar-refractivity contribution is 5.80. The number of piperidine rings is 1. The smallest absolute Gasteiger partial charge is 0.307 e. The first-order valence-corrected chi connectivity index (χ1v) is 9.57. The molecule has 1 unspecified atom stereocenters. The second kappa shape index (κ2) is 4.73. The van der Waals surface area contributed by atoms with E-state index in [1.165, 1.54) is 32.1 Å². The third-order valence-corrected chi connectivity index (χ3v) is 8.07. The number of nitrogens with zero attached hydrogens (tertiary/aromatic N) is 1. The minimum Gasteiger partial charge on any atom is -0.481 e. The third kappa shape index (κ3) is 2.09. The fourth-order valence-electron chi connectivity index (χ4n) is 6.96. The molecule has 1 heterocycles. The predicted octanol–water partition coefficient (Wildman–Crippen LogP) is 2.77. The molecule has 6 rings (SSSR count). The number of amides is 1. The summed E-state index contributed by atoms with van der Waals surface area (Å²) in [6.45, 7) is 1.59. The highest BCUT2D eigenvalue weighted by Crippen LogP contribution is 2.60. The number of likely N-dealkylation sites (tertiary alicyclic amines) is 1. The lowest BCUT2D eigenvalue weighted by Gasteiger charge is -2.54. The maximum atomic E-state index is 13.1. The van der Waals surface area contributed by atoms with E-state index >= 15 is 0 Å². The van der Waals surface area contributed by atoms with Gasteiger partial charge in [0.05, 0.1) is 5.92 Å². The molecule has 5 saturated carbocycles. The Labute approximate surface area is 137 Å². The highest BCUT2D eigenvalue weighted by atomic mass is 16.4. The Morgan fingerprint density at radius 3 is 1.96 bits per heavy atom. The zero-order valence-corrected chi connectivity index (χ0v) is 13.7. The van der Waals surface area contributed by atoms with Gasteiger partial charge in [-0.1, -0.05) is 0 Å². The molecule has 6 fully saturated rings. The average molecular weight is 317 g/mol. The monoisotopic (exact) mass is 317 g/mol. The predicted molar refractivity (Wildman–Crippen MR) is 84.5 cm³/mol. The molecule has 5 aliphatic carbocycles. The molecule has 1 saturated heterocycles. The van der Waals surface area contributed by atoms with Crippen LogP contribution < -0.4 is 0 Å². The molecule has 4 nitrogen and oxygen atoms in total. The van der Waals surface area contributed by atoms with Crippen LogP contribution >= 0.6 is 0 Å². The van der Waals surface area contributed by atoms with E-state index in [9.17, 15) is 14.7 Å². The zero-order chi connectivity index (χ0) is 15.8. The van der Waals surface area contributed by atoms with Crippen LogP contribution in [-0.4, -0.2) is 35.0 Å². The second-order valence-electron chi connectivity index (χ2n) is 9.24. The maximum absolute atomic E-state index is 13.1. The average Bonchev–Trinajstić information content (AvgIpc) is 3.21. The molecule has 4 bridgehead atoms. The topological polar surface area (TPSA) is 57.6 Å². The molecule has 0 radical (unpaired) electrons. The van der Waals surface area contributed by atoms with Crippen LogP contribution in [0.1, 0.15) is 51.4 Å². The van der Waals surface area contributed by atoms with Gasteiger partial charge in [-0.05, 0) is 80.5 Å². The van der Waals surface area contributed by atoms with E-state index in [4.69, 9.17) is 0 Å². The Bertz CT molecular complexity index is 521. The number of rotatable bonds is 2. The second-order valence-corrected chi connectivity index (χ2v) is 9.24. The van der Waals surface area contributed by atoms with Gasteiger partial charge in [-0.2, -0.15) is 0 Å². The first-order valence-electron chi connectivity index (χ1n) is 9.57. The van der Waals surface area contributed by atoms with Crippen LogP contribution in [0.2, 0.25) is 0 Å². The fraction of sp³-hybridized carbons (Fsp3) is 0.895. The van der Waals surface area contributed by atoms with Crippen molar-refractivity contribution in [3.8, 4) is 0 Å². The van der Waals surface area contributed by atoms with Crippen molar-refractivity contribution in [1.82, 2.24) is 4.90 Å². The molecule has 0 aromatic carbocycles. The summed E-state index contributed by atoms with van der Waals surface area (Å²) in [5.41, 5.74) is 0.0344. The van der Waals surface area contributed by atoms with E-state index in [1.807, 2.05) is 0 Å². The van der Waals surface area contributed by atoms with Crippen molar-refractivity contribution >= 4 is 11.9 Å². The molecule has 1 atom stereocenters. The summed E-state index contributed by atoms with van der Waals surface area (Å²) in [6.07, 6.45) is 9.25. The van der Waals surface area contributed by atoms with Crippen LogP contribution in [0.3, 0.4) is 0 Å². The van der Waals surface area contributed by atoms with Gasteiger partial charge in [-0.25, -0.2) is 0 Å². The number of carboxylic acids is 1. The SMILES string of the molecule is O=C(O)C1CC12CCN(C(=O)C1C3CC4CC(C3)CC1C4)CC2. The van der Waals surface area contributed by atoms with Gasteiger partial charge in [-0.15, -0.1) is 0 Å². The van der Waals surface area contributed by atoms with Gasteiger partial charge >= 0.3 is 5.97 Å². The molecule has 0 aromatic heterocycles. The number of carboxylic acid groups (broad SMARTS) is 1. The largest absolute Gasteiger partial charge is 0.481 e. The molecule has 1 spiro atoms. The van der Waals surface area contributed by atoms with Gasteiger partial charge in [0.1, 0.15) is 0 Å². The van der Waals surface area contributed by atoms with E-state index < -0.39 is 5.97 Å². The van der Waals surface area contributed by atoms with Crippen molar-refractivity contribution in [2.75, 3.05) is 13.1 Å². The van der Waals surface area contributed by atoms with E-state index in [0.29, 0.717) is 23.7 Å². The fourth-order valence-corrected chi connectivity index (χ4v) is 6.96. The Balaban J connectivity index is 1.25. The summed E-state index contributed by atoms with van der Waals surface area (Å²) >= 11 is 0. The molecule has 0 aromatic rings. The maximum Gasteiger partial charge on any atom is 0.307 e. The number of carbonyl (C=O) groups excluding carboxylic acids is 1. The van der Waals surface area contributed by atoms with Gasteiger partial charge in [0.15, 0.2) is 0 Å². The highest BCUT2D eigenvalue weighted by Gasteiger charge is 2.60. The normalized spacial score (nSPS) is 46.2. The zero-order valence-electron chi connectivity index (χ0n) is 13.7. The molecule has 6 aliphatic rings. The van der Waals surface area contributed by atoms with Gasteiger partial charge < -0.3 is 10.0 Å². The van der Waals surface area contributed by atoms with Crippen molar-refractivity contribution in [2.45, 2.75) is 51.4 Å². The van der Waals surface area contributed by atoms with Crippen LogP contribution in [0, 0.1) is 40.9 Å². The molecule has 4 heteroatoms. The Morgan fingerprint density at radius 1 is 0.913 bits per heavy atom. The van der Waals surface area contributed by atoms with E-state index in [-0.39, 0.29) is 11.3 Å². The van der Waals surface area contributed by atoms with Crippen molar-refractivity contribution in [3.63, 3.8) is 0 Å². The van der Waals surface area contributed by atoms with Crippen LogP contribution in [0.4, 0.5) is 0 Å². The first-order chi connectivity index (χ1) is 11.1.